The largest absolute Gasteiger partial charge is 0.481 e. The molecule has 62 valence electrons. The highest BCUT2D eigenvalue weighted by Crippen LogP contribution is 2.25. The molecule has 1 aliphatic rings. The average Bonchev–Trinajstić information content (AvgIpc) is 1.94. The fourth-order valence-electron chi connectivity index (χ4n) is 1.25. The molecule has 1 aliphatic carbocycles. The van der Waals surface area contributed by atoms with E-state index < -0.39 is 11.9 Å². The third-order valence-corrected chi connectivity index (χ3v) is 2.81. The second kappa shape index (κ2) is 3.34. The summed E-state index contributed by atoms with van der Waals surface area (Å²) < 4.78 is 0. The van der Waals surface area contributed by atoms with Crippen LogP contribution in [0.15, 0.2) is 0 Å². The lowest BCUT2D eigenvalue weighted by Crippen LogP contribution is -2.33. The third kappa shape index (κ3) is 1.80. The summed E-state index contributed by atoms with van der Waals surface area (Å²) in [4.78, 5) is 21.4. The summed E-state index contributed by atoms with van der Waals surface area (Å²) in [6.07, 6.45) is 2.08. The SMILES string of the molecule is O=C(O)[C@H]1CCC[C@@H](Br)C1=O. The highest BCUT2D eigenvalue weighted by molar-refractivity contribution is 9.10. The molecule has 0 heterocycles. The number of aliphatic carboxylic acids is 1. The minimum absolute atomic E-state index is 0.177. The van der Waals surface area contributed by atoms with E-state index in [1.807, 2.05) is 0 Å². The van der Waals surface area contributed by atoms with Gasteiger partial charge in [0.05, 0.1) is 4.83 Å². The minimum atomic E-state index is -0.987. The second-order valence-electron chi connectivity index (χ2n) is 2.69. The predicted molar refractivity (Wildman–Crippen MR) is 42.7 cm³/mol. The number of alkyl halides is 1. The van der Waals surface area contributed by atoms with Gasteiger partial charge < -0.3 is 5.11 Å². The van der Waals surface area contributed by atoms with Crippen LogP contribution < -0.4 is 0 Å². The molecule has 1 fully saturated rings. The number of hydrogen-bond acceptors (Lipinski definition) is 2. The smallest absolute Gasteiger partial charge is 0.314 e. The maximum atomic E-state index is 11.1. The van der Waals surface area contributed by atoms with E-state index in [-0.39, 0.29) is 10.6 Å². The Balaban J connectivity index is 2.66. The van der Waals surface area contributed by atoms with Crippen molar-refractivity contribution >= 4 is 27.7 Å². The highest BCUT2D eigenvalue weighted by Gasteiger charge is 2.34. The summed E-state index contributed by atoms with van der Waals surface area (Å²) in [5.41, 5.74) is 0. The number of rotatable bonds is 1. The maximum Gasteiger partial charge on any atom is 0.314 e. The molecule has 1 rings (SSSR count). The van der Waals surface area contributed by atoms with Crippen molar-refractivity contribution in [1.82, 2.24) is 0 Å². The first kappa shape index (κ1) is 8.71. The van der Waals surface area contributed by atoms with Gasteiger partial charge in [0.2, 0.25) is 0 Å². The lowest BCUT2D eigenvalue weighted by molar-refractivity contribution is -0.147. The third-order valence-electron chi connectivity index (χ3n) is 1.90. The zero-order valence-corrected chi connectivity index (χ0v) is 7.50. The van der Waals surface area contributed by atoms with Crippen LogP contribution in [-0.2, 0) is 9.59 Å². The number of carboxylic acid groups (broad SMARTS) is 1. The molecule has 0 bridgehead atoms. The summed E-state index contributed by atoms with van der Waals surface area (Å²) >= 11 is 3.15. The summed E-state index contributed by atoms with van der Waals surface area (Å²) in [6.45, 7) is 0. The molecule has 0 unspecified atom stereocenters. The molecule has 0 aromatic carbocycles. The van der Waals surface area contributed by atoms with Crippen molar-refractivity contribution in [2.24, 2.45) is 5.92 Å². The number of ketones is 1. The van der Waals surface area contributed by atoms with Gasteiger partial charge in [0.15, 0.2) is 5.78 Å². The molecule has 0 amide bonds. The molecule has 0 saturated heterocycles. The Kier molecular flexibility index (Phi) is 2.65. The number of hydrogen-bond donors (Lipinski definition) is 1. The van der Waals surface area contributed by atoms with Crippen LogP contribution >= 0.6 is 15.9 Å². The van der Waals surface area contributed by atoms with Crippen molar-refractivity contribution in [3.8, 4) is 0 Å². The molecule has 0 aromatic heterocycles. The molecule has 1 N–H and O–H groups in total. The van der Waals surface area contributed by atoms with Gasteiger partial charge in [0.1, 0.15) is 5.92 Å². The predicted octanol–water partition coefficient (Wildman–Crippen LogP) is 1.20. The van der Waals surface area contributed by atoms with Crippen LogP contribution in [0.25, 0.3) is 0 Å². The van der Waals surface area contributed by atoms with E-state index in [4.69, 9.17) is 5.11 Å². The average molecular weight is 221 g/mol. The van der Waals surface area contributed by atoms with E-state index in [1.54, 1.807) is 0 Å². The van der Waals surface area contributed by atoms with Crippen molar-refractivity contribution in [2.75, 3.05) is 0 Å². The van der Waals surface area contributed by atoms with Gasteiger partial charge in [0, 0.05) is 0 Å². The lowest BCUT2D eigenvalue weighted by atomic mass is 9.88. The van der Waals surface area contributed by atoms with Gasteiger partial charge in [-0.3, -0.25) is 9.59 Å². The van der Waals surface area contributed by atoms with Gasteiger partial charge in [-0.15, -0.1) is 0 Å². The van der Waals surface area contributed by atoms with E-state index in [9.17, 15) is 9.59 Å². The van der Waals surface area contributed by atoms with E-state index in [0.29, 0.717) is 6.42 Å². The van der Waals surface area contributed by atoms with Crippen molar-refractivity contribution < 1.29 is 14.7 Å². The Bertz CT molecular complexity index is 190. The molecule has 11 heavy (non-hydrogen) atoms. The first-order valence-electron chi connectivity index (χ1n) is 3.53. The van der Waals surface area contributed by atoms with E-state index >= 15 is 0 Å². The molecule has 0 aromatic rings. The first-order valence-corrected chi connectivity index (χ1v) is 4.45. The number of carboxylic acids is 1. The second-order valence-corrected chi connectivity index (χ2v) is 3.80. The Labute approximate surface area is 72.9 Å². The Morgan fingerprint density at radius 2 is 2.18 bits per heavy atom. The fourth-order valence-corrected chi connectivity index (χ4v) is 1.89. The Morgan fingerprint density at radius 3 is 2.64 bits per heavy atom. The van der Waals surface area contributed by atoms with Crippen molar-refractivity contribution in [3.05, 3.63) is 0 Å². The summed E-state index contributed by atoms with van der Waals surface area (Å²) in [7, 11) is 0. The Morgan fingerprint density at radius 1 is 1.55 bits per heavy atom. The Hall–Kier alpha value is -0.380. The summed E-state index contributed by atoms with van der Waals surface area (Å²) in [5.74, 6) is -1.93. The molecule has 0 spiro atoms. The van der Waals surface area contributed by atoms with Gasteiger partial charge in [0.25, 0.3) is 0 Å². The molecule has 0 radical (unpaired) electrons. The molecule has 4 heteroatoms. The molecule has 0 aliphatic heterocycles. The molecular weight excluding hydrogens is 212 g/mol. The number of Topliss-reactive ketones (excluding diaryl/α,β-unsaturated/α-hetero) is 1. The van der Waals surface area contributed by atoms with Crippen LogP contribution in [0.2, 0.25) is 0 Å². The van der Waals surface area contributed by atoms with Crippen molar-refractivity contribution in [1.29, 1.82) is 0 Å². The zero-order chi connectivity index (χ0) is 8.43. The lowest BCUT2D eigenvalue weighted by Gasteiger charge is -2.20. The van der Waals surface area contributed by atoms with Gasteiger partial charge >= 0.3 is 5.97 Å². The van der Waals surface area contributed by atoms with Crippen molar-refractivity contribution in [3.63, 3.8) is 0 Å². The minimum Gasteiger partial charge on any atom is -0.481 e. The van der Waals surface area contributed by atoms with Crippen LogP contribution in [0.5, 0.6) is 0 Å². The van der Waals surface area contributed by atoms with E-state index in [2.05, 4.69) is 15.9 Å². The molecule has 1 saturated carbocycles. The molecule has 3 nitrogen and oxygen atoms in total. The van der Waals surface area contributed by atoms with E-state index in [1.165, 1.54) is 0 Å². The summed E-state index contributed by atoms with van der Waals surface area (Å²) in [6, 6.07) is 0. The number of carbonyl (C=O) groups excluding carboxylic acids is 1. The van der Waals surface area contributed by atoms with Gasteiger partial charge in [-0.2, -0.15) is 0 Å². The highest BCUT2D eigenvalue weighted by atomic mass is 79.9. The number of carbonyl (C=O) groups is 2. The van der Waals surface area contributed by atoms with Crippen LogP contribution in [0.1, 0.15) is 19.3 Å². The first-order chi connectivity index (χ1) is 5.13. The molecule has 2 atom stereocenters. The van der Waals surface area contributed by atoms with Crippen molar-refractivity contribution in [2.45, 2.75) is 24.1 Å². The van der Waals surface area contributed by atoms with Gasteiger partial charge in [-0.05, 0) is 12.8 Å². The van der Waals surface area contributed by atoms with Gasteiger partial charge in [-0.25, -0.2) is 0 Å². The van der Waals surface area contributed by atoms with Crippen LogP contribution in [0.3, 0.4) is 0 Å². The van der Waals surface area contributed by atoms with Crippen LogP contribution in [-0.4, -0.2) is 21.7 Å². The quantitative estimate of drug-likeness (QED) is 0.534. The fraction of sp³-hybridized carbons (Fsp3) is 0.714. The van der Waals surface area contributed by atoms with Crippen LogP contribution in [0, 0.1) is 5.92 Å². The van der Waals surface area contributed by atoms with E-state index in [0.717, 1.165) is 12.8 Å². The monoisotopic (exact) mass is 220 g/mol. The summed E-state index contributed by atoms with van der Waals surface area (Å²) in [5, 5.41) is 8.58. The standard InChI is InChI=1S/C7H9BrO3/c8-5-3-1-2-4(6(5)9)7(10)11/h4-5H,1-3H2,(H,10,11)/t4-,5+/m0/s1. The van der Waals surface area contributed by atoms with Gasteiger partial charge in [-0.1, -0.05) is 22.4 Å². The number of halogens is 1. The zero-order valence-electron chi connectivity index (χ0n) is 5.92. The van der Waals surface area contributed by atoms with Crippen LogP contribution in [0.4, 0.5) is 0 Å². The molecular formula is C7H9BrO3. The normalized spacial score (nSPS) is 31.9. The maximum absolute atomic E-state index is 11.1. The topological polar surface area (TPSA) is 54.4 Å².